The van der Waals surface area contributed by atoms with Gasteiger partial charge in [-0.05, 0) is 17.5 Å². The van der Waals surface area contributed by atoms with E-state index in [0.29, 0.717) is 6.04 Å². The highest BCUT2D eigenvalue weighted by molar-refractivity contribution is 5.30. The third kappa shape index (κ3) is 3.52. The quantitative estimate of drug-likeness (QED) is 0.918. The summed E-state index contributed by atoms with van der Waals surface area (Å²) in [4.78, 5) is 4.45. The third-order valence-corrected chi connectivity index (χ3v) is 3.85. The zero-order chi connectivity index (χ0) is 14.7. The molecule has 4 nitrogen and oxygen atoms in total. The van der Waals surface area contributed by atoms with Crippen LogP contribution >= 0.6 is 0 Å². The molecule has 0 saturated carbocycles. The van der Waals surface area contributed by atoms with E-state index in [-0.39, 0.29) is 6.10 Å². The van der Waals surface area contributed by atoms with Crippen LogP contribution in [0.4, 0.5) is 0 Å². The van der Waals surface area contributed by atoms with Crippen LogP contribution in [0.15, 0.2) is 36.8 Å². The molecule has 0 saturated heterocycles. The van der Waals surface area contributed by atoms with Gasteiger partial charge in [-0.15, -0.1) is 0 Å². The van der Waals surface area contributed by atoms with Gasteiger partial charge in [0.15, 0.2) is 0 Å². The second-order valence-electron chi connectivity index (χ2n) is 5.91. The summed E-state index contributed by atoms with van der Waals surface area (Å²) in [5.41, 5.74) is 3.81. The number of benzene rings is 1. The fourth-order valence-corrected chi connectivity index (χ4v) is 2.73. The smallest absolute Gasteiger partial charge is 0.101 e. The minimum atomic E-state index is 0.134. The highest BCUT2D eigenvalue weighted by atomic mass is 16.5. The molecule has 1 aliphatic heterocycles. The van der Waals surface area contributed by atoms with Crippen LogP contribution in [0.5, 0.6) is 0 Å². The highest BCUT2D eigenvalue weighted by Gasteiger charge is 2.20. The SMILES string of the molecule is CC(C)NCc1cn(CC2OCCc3ccccc32)cn1. The van der Waals surface area contributed by atoms with E-state index < -0.39 is 0 Å². The minimum absolute atomic E-state index is 0.134. The molecule has 0 aliphatic carbocycles. The summed E-state index contributed by atoms with van der Waals surface area (Å²) in [6, 6.07) is 9.05. The third-order valence-electron chi connectivity index (χ3n) is 3.85. The lowest BCUT2D eigenvalue weighted by atomic mass is 9.97. The molecule has 21 heavy (non-hydrogen) atoms. The number of fused-ring (bicyclic) bond motifs is 1. The number of nitrogens with zero attached hydrogens (tertiary/aromatic N) is 2. The van der Waals surface area contributed by atoms with Gasteiger partial charge in [0.2, 0.25) is 0 Å². The van der Waals surface area contributed by atoms with Crippen molar-refractivity contribution in [2.75, 3.05) is 6.61 Å². The summed E-state index contributed by atoms with van der Waals surface area (Å²) >= 11 is 0. The predicted octanol–water partition coefficient (Wildman–Crippen LogP) is 2.70. The van der Waals surface area contributed by atoms with Gasteiger partial charge in [-0.1, -0.05) is 38.1 Å². The first-order chi connectivity index (χ1) is 10.2. The molecule has 0 amide bonds. The summed E-state index contributed by atoms with van der Waals surface area (Å²) in [6.45, 7) is 6.73. The van der Waals surface area contributed by atoms with Crippen LogP contribution in [-0.4, -0.2) is 22.2 Å². The highest BCUT2D eigenvalue weighted by Crippen LogP contribution is 2.28. The van der Waals surface area contributed by atoms with Gasteiger partial charge < -0.3 is 14.6 Å². The lowest BCUT2D eigenvalue weighted by Crippen LogP contribution is -2.22. The summed E-state index contributed by atoms with van der Waals surface area (Å²) in [6.07, 6.45) is 5.16. The largest absolute Gasteiger partial charge is 0.371 e. The van der Waals surface area contributed by atoms with E-state index >= 15 is 0 Å². The van der Waals surface area contributed by atoms with Crippen molar-refractivity contribution in [3.05, 3.63) is 53.6 Å². The van der Waals surface area contributed by atoms with E-state index in [2.05, 4.69) is 59.2 Å². The molecule has 1 atom stereocenters. The predicted molar refractivity (Wildman–Crippen MR) is 83.0 cm³/mol. The van der Waals surface area contributed by atoms with Crippen LogP contribution in [0.3, 0.4) is 0 Å². The molecule has 1 aliphatic rings. The van der Waals surface area contributed by atoms with E-state index in [1.807, 2.05) is 6.33 Å². The first-order valence-electron chi connectivity index (χ1n) is 7.66. The number of imidazole rings is 1. The molecular formula is C17H23N3O. The lowest BCUT2D eigenvalue weighted by Gasteiger charge is -2.26. The van der Waals surface area contributed by atoms with E-state index in [4.69, 9.17) is 4.74 Å². The molecule has 1 aromatic carbocycles. The molecule has 1 N–H and O–H groups in total. The number of nitrogens with one attached hydrogen (secondary N) is 1. The Morgan fingerprint density at radius 2 is 2.24 bits per heavy atom. The molecule has 0 fully saturated rings. The van der Waals surface area contributed by atoms with E-state index in [9.17, 15) is 0 Å². The topological polar surface area (TPSA) is 39.1 Å². The molecule has 1 aromatic heterocycles. The number of hydrogen-bond donors (Lipinski definition) is 1. The van der Waals surface area contributed by atoms with Gasteiger partial charge in [0.05, 0.1) is 25.2 Å². The van der Waals surface area contributed by atoms with Gasteiger partial charge in [0, 0.05) is 18.8 Å². The van der Waals surface area contributed by atoms with E-state index in [1.54, 1.807) is 0 Å². The molecule has 4 heteroatoms. The molecule has 2 heterocycles. The number of rotatable bonds is 5. The molecule has 0 bridgehead atoms. The average molecular weight is 285 g/mol. The summed E-state index contributed by atoms with van der Waals surface area (Å²) < 4.78 is 8.08. The maximum Gasteiger partial charge on any atom is 0.101 e. The molecule has 2 aromatic rings. The number of ether oxygens (including phenoxy) is 1. The molecular weight excluding hydrogens is 262 g/mol. The van der Waals surface area contributed by atoms with E-state index in [0.717, 1.165) is 31.8 Å². The van der Waals surface area contributed by atoms with Crippen molar-refractivity contribution in [3.63, 3.8) is 0 Å². The van der Waals surface area contributed by atoms with Crippen LogP contribution in [0.2, 0.25) is 0 Å². The van der Waals surface area contributed by atoms with Crippen LogP contribution < -0.4 is 5.32 Å². The Balaban J connectivity index is 1.67. The molecule has 0 spiro atoms. The average Bonchev–Trinajstić information content (AvgIpc) is 2.93. The lowest BCUT2D eigenvalue weighted by molar-refractivity contribution is 0.0306. The van der Waals surface area contributed by atoms with Gasteiger partial charge >= 0.3 is 0 Å². The summed E-state index contributed by atoms with van der Waals surface area (Å²) in [7, 11) is 0. The van der Waals surface area contributed by atoms with Crippen molar-refractivity contribution in [1.29, 1.82) is 0 Å². The Bertz CT molecular complexity index is 591. The Hall–Kier alpha value is -1.65. The normalized spacial score (nSPS) is 18.0. The fourth-order valence-electron chi connectivity index (χ4n) is 2.73. The Labute approximate surface area is 126 Å². The molecule has 0 radical (unpaired) electrons. The first kappa shape index (κ1) is 14.3. The van der Waals surface area contributed by atoms with Crippen molar-refractivity contribution < 1.29 is 4.74 Å². The maximum absolute atomic E-state index is 5.95. The number of aromatic nitrogens is 2. The van der Waals surface area contributed by atoms with Crippen LogP contribution in [0, 0.1) is 0 Å². The second-order valence-corrected chi connectivity index (χ2v) is 5.91. The van der Waals surface area contributed by atoms with Crippen molar-refractivity contribution in [3.8, 4) is 0 Å². The van der Waals surface area contributed by atoms with Crippen molar-refractivity contribution in [1.82, 2.24) is 14.9 Å². The van der Waals surface area contributed by atoms with Crippen LogP contribution in [-0.2, 0) is 24.2 Å². The first-order valence-corrected chi connectivity index (χ1v) is 7.66. The second kappa shape index (κ2) is 6.41. The van der Waals surface area contributed by atoms with Gasteiger partial charge in [-0.25, -0.2) is 4.98 Å². The molecule has 1 unspecified atom stereocenters. The van der Waals surface area contributed by atoms with Crippen molar-refractivity contribution >= 4 is 0 Å². The van der Waals surface area contributed by atoms with Gasteiger partial charge in [-0.3, -0.25) is 0 Å². The Morgan fingerprint density at radius 1 is 1.38 bits per heavy atom. The Kier molecular flexibility index (Phi) is 4.36. The van der Waals surface area contributed by atoms with Crippen molar-refractivity contribution in [2.45, 2.75) is 45.5 Å². The molecule has 3 rings (SSSR count). The Morgan fingerprint density at radius 3 is 3.10 bits per heavy atom. The van der Waals surface area contributed by atoms with Crippen molar-refractivity contribution in [2.24, 2.45) is 0 Å². The minimum Gasteiger partial charge on any atom is -0.371 e. The maximum atomic E-state index is 5.95. The summed E-state index contributed by atoms with van der Waals surface area (Å²) in [5, 5.41) is 3.39. The zero-order valence-corrected chi connectivity index (χ0v) is 12.7. The number of hydrogen-bond acceptors (Lipinski definition) is 3. The van der Waals surface area contributed by atoms with E-state index in [1.165, 1.54) is 11.1 Å². The van der Waals surface area contributed by atoms with Gasteiger partial charge in [0.1, 0.15) is 6.10 Å². The molecule has 112 valence electrons. The monoisotopic (exact) mass is 285 g/mol. The van der Waals surface area contributed by atoms with Crippen LogP contribution in [0.1, 0.15) is 36.8 Å². The standard InChI is InChI=1S/C17H23N3O/c1-13(2)18-9-15-10-20(12-19-15)11-17-16-6-4-3-5-14(16)7-8-21-17/h3-6,10,12-13,17-18H,7-9,11H2,1-2H3. The van der Waals surface area contributed by atoms with Gasteiger partial charge in [-0.2, -0.15) is 0 Å². The fraction of sp³-hybridized carbons (Fsp3) is 0.471. The van der Waals surface area contributed by atoms with Crippen LogP contribution in [0.25, 0.3) is 0 Å². The zero-order valence-electron chi connectivity index (χ0n) is 12.7. The van der Waals surface area contributed by atoms with Gasteiger partial charge in [0.25, 0.3) is 0 Å². The summed E-state index contributed by atoms with van der Waals surface area (Å²) in [5.74, 6) is 0.